The molecule has 0 aromatic carbocycles. The highest BCUT2D eigenvalue weighted by Gasteiger charge is 2.43. The maximum absolute atomic E-state index is 14.1. The Labute approximate surface area is 360 Å². The number of amides is 1. The molecule has 1 saturated heterocycles. The first kappa shape index (κ1) is 51.1. The minimum absolute atomic E-state index is 0.0514. The molecule has 0 aromatic heterocycles. The number of allylic oxidation sites excluding steroid dienone is 7. The van der Waals surface area contributed by atoms with E-state index in [1.807, 2.05) is 45.1 Å². The van der Waals surface area contributed by atoms with E-state index in [1.165, 1.54) is 12.5 Å². The summed E-state index contributed by atoms with van der Waals surface area (Å²) in [6.45, 7) is 12.9. The van der Waals surface area contributed by atoms with Crippen LogP contribution in [0.15, 0.2) is 47.6 Å². The molecule has 2 fully saturated rings. The number of carbonyl (C=O) groups is 5. The molecule has 2 heterocycles. The lowest BCUT2D eigenvalue weighted by molar-refractivity contribution is -0.536. The number of Topliss-reactive ketones (excluding diaryl/α,β-unsaturated/α-hetero) is 3. The molecule has 3 aliphatic rings. The van der Waals surface area contributed by atoms with Gasteiger partial charge in [-0.05, 0) is 107 Å². The van der Waals surface area contributed by atoms with Gasteiger partial charge in [0.05, 0.1) is 18.0 Å². The van der Waals surface area contributed by atoms with E-state index in [4.69, 9.17) is 9.47 Å². The molecule has 0 bridgehead atoms. The third-order valence-corrected chi connectivity index (χ3v) is 13.3. The number of methoxy groups -OCH3 is 1. The van der Waals surface area contributed by atoms with E-state index in [0.717, 1.165) is 49.8 Å². The van der Waals surface area contributed by atoms with Gasteiger partial charge < -0.3 is 29.7 Å². The number of esters is 1. The summed E-state index contributed by atoms with van der Waals surface area (Å²) in [5.74, 6) is -8.58. The lowest BCUT2D eigenvalue weighted by atomic mass is 9.79. The molecule has 11 heteroatoms. The van der Waals surface area contributed by atoms with Crippen LogP contribution in [0.1, 0.15) is 151 Å². The van der Waals surface area contributed by atoms with Crippen molar-refractivity contribution >= 4 is 29.2 Å². The van der Waals surface area contributed by atoms with Crippen molar-refractivity contribution in [1.29, 1.82) is 0 Å². The molecule has 1 amide bonds. The molecule has 0 spiro atoms. The number of ether oxygens (including phenoxy) is 2. The van der Waals surface area contributed by atoms with E-state index in [2.05, 4.69) is 13.0 Å². The van der Waals surface area contributed by atoms with Crippen LogP contribution in [-0.4, -0.2) is 88.1 Å². The van der Waals surface area contributed by atoms with Gasteiger partial charge in [0.1, 0.15) is 23.7 Å². The van der Waals surface area contributed by atoms with Gasteiger partial charge in [0.25, 0.3) is 5.91 Å². The smallest absolute Gasteiger partial charge is 0.329 e. The average molecular weight is 839 g/mol. The predicted molar refractivity (Wildman–Crippen MR) is 231 cm³/mol. The Bertz CT molecular complexity index is 1560. The molecule has 1 aliphatic carbocycles. The Morgan fingerprint density at radius 1 is 0.883 bits per heavy atom. The SMILES string of the molecule is CO[C@H]1CCC[C@@H](CC(C)[C@@H]2CC(=O)[C@H](C)/C=C(\C)[C@@H](O)CC(=O)[C@H](C)C[C@H](C)/C=C/C=C/C=C(\C)CCCCC[C@@H](C)[C@]([O-])(O)C(=O)C(=O)N3CCCC[C@H]3C(=O)O2)C1. The van der Waals surface area contributed by atoms with E-state index in [9.17, 15) is 39.3 Å². The van der Waals surface area contributed by atoms with E-state index >= 15 is 0 Å². The van der Waals surface area contributed by atoms with Crippen molar-refractivity contribution in [2.75, 3.05) is 13.7 Å². The summed E-state index contributed by atoms with van der Waals surface area (Å²) < 4.78 is 11.8. The highest BCUT2D eigenvalue weighted by atomic mass is 16.5. The zero-order chi connectivity index (χ0) is 44.6. The normalized spacial score (nSPS) is 37.3. The predicted octanol–water partition coefficient (Wildman–Crippen LogP) is 7.31. The van der Waals surface area contributed by atoms with E-state index in [0.29, 0.717) is 43.6 Å². The van der Waals surface area contributed by atoms with Crippen molar-refractivity contribution in [3.63, 3.8) is 0 Å². The van der Waals surface area contributed by atoms with Crippen molar-refractivity contribution in [3.8, 4) is 0 Å². The number of cyclic esters (lactones) is 1. The first-order chi connectivity index (χ1) is 28.3. The molecule has 11 nitrogen and oxygen atoms in total. The zero-order valence-corrected chi connectivity index (χ0v) is 37.9. The highest BCUT2D eigenvalue weighted by Crippen LogP contribution is 2.34. The number of piperidine rings is 1. The summed E-state index contributed by atoms with van der Waals surface area (Å²) in [5, 5.41) is 35.5. The van der Waals surface area contributed by atoms with Crippen molar-refractivity contribution in [3.05, 3.63) is 47.6 Å². The van der Waals surface area contributed by atoms with Crippen LogP contribution in [0, 0.1) is 35.5 Å². The van der Waals surface area contributed by atoms with Gasteiger partial charge in [0.2, 0.25) is 5.78 Å². The number of hydrogen-bond acceptors (Lipinski definition) is 10. The van der Waals surface area contributed by atoms with Gasteiger partial charge in [-0.25, -0.2) is 4.79 Å². The Hall–Kier alpha value is -3.25. The van der Waals surface area contributed by atoms with Crippen molar-refractivity contribution < 1.29 is 48.8 Å². The summed E-state index contributed by atoms with van der Waals surface area (Å²) in [7, 11) is 1.71. The van der Waals surface area contributed by atoms with E-state index in [-0.39, 0.29) is 67.7 Å². The monoisotopic (exact) mass is 839 g/mol. The molecular formula is C49H76NO10-. The van der Waals surface area contributed by atoms with Crippen molar-refractivity contribution in [2.24, 2.45) is 35.5 Å². The Morgan fingerprint density at radius 3 is 2.32 bits per heavy atom. The first-order valence-corrected chi connectivity index (χ1v) is 22.8. The van der Waals surface area contributed by atoms with Gasteiger partial charge in [0.15, 0.2) is 0 Å². The molecule has 338 valence electrons. The second-order valence-electron chi connectivity index (χ2n) is 18.6. The van der Waals surface area contributed by atoms with Gasteiger partial charge in [-0.2, -0.15) is 0 Å². The quantitative estimate of drug-likeness (QED) is 0.127. The number of ketones is 3. The lowest BCUT2D eigenvalue weighted by Crippen LogP contribution is -2.63. The molecule has 1 saturated carbocycles. The second kappa shape index (κ2) is 25.0. The fourth-order valence-electron chi connectivity index (χ4n) is 9.01. The van der Waals surface area contributed by atoms with Crippen LogP contribution >= 0.6 is 0 Å². The van der Waals surface area contributed by atoms with E-state index in [1.54, 1.807) is 27.0 Å². The molecule has 60 heavy (non-hydrogen) atoms. The lowest BCUT2D eigenvalue weighted by Gasteiger charge is -2.41. The van der Waals surface area contributed by atoms with Crippen molar-refractivity contribution in [1.82, 2.24) is 4.90 Å². The molecule has 3 rings (SSSR count). The summed E-state index contributed by atoms with van der Waals surface area (Å²) in [6, 6.07) is -1.15. The summed E-state index contributed by atoms with van der Waals surface area (Å²) >= 11 is 0. The molecule has 2 aliphatic heterocycles. The van der Waals surface area contributed by atoms with Gasteiger partial charge in [-0.1, -0.05) is 102 Å². The van der Waals surface area contributed by atoms with Crippen LogP contribution in [0.2, 0.25) is 0 Å². The van der Waals surface area contributed by atoms with E-state index < -0.39 is 53.5 Å². The molecule has 2 N–H and O–H groups in total. The van der Waals surface area contributed by atoms with Gasteiger partial charge in [-0.3, -0.25) is 19.2 Å². The fraction of sp³-hybridized carbons (Fsp3) is 0.735. The maximum atomic E-state index is 14.1. The maximum Gasteiger partial charge on any atom is 0.329 e. The summed E-state index contributed by atoms with van der Waals surface area (Å²) in [4.78, 5) is 69.4. The number of carbonyl (C=O) groups excluding carboxylic acids is 5. The zero-order valence-electron chi connectivity index (χ0n) is 37.9. The minimum Gasteiger partial charge on any atom is -0.822 e. The third-order valence-electron chi connectivity index (χ3n) is 13.3. The number of aliphatic hydroxyl groups excluding tert-OH is 1. The fourth-order valence-corrected chi connectivity index (χ4v) is 9.01. The number of nitrogens with zero attached hydrogens (tertiary/aromatic N) is 1. The van der Waals surface area contributed by atoms with Gasteiger partial charge in [-0.15, -0.1) is 0 Å². The molecular weight excluding hydrogens is 763 g/mol. The van der Waals surface area contributed by atoms with Gasteiger partial charge in [0, 0.05) is 38.3 Å². The van der Waals surface area contributed by atoms with Crippen LogP contribution in [0.5, 0.6) is 0 Å². The summed E-state index contributed by atoms with van der Waals surface area (Å²) in [6.07, 6.45) is 19.5. The minimum atomic E-state index is -3.15. The number of rotatable bonds is 4. The average Bonchev–Trinajstić information content (AvgIpc) is 3.21. The Morgan fingerprint density at radius 2 is 1.60 bits per heavy atom. The number of fused-ring (bicyclic) bond motifs is 1. The van der Waals surface area contributed by atoms with Crippen LogP contribution in [0.25, 0.3) is 0 Å². The van der Waals surface area contributed by atoms with Gasteiger partial charge >= 0.3 is 5.97 Å². The third kappa shape index (κ3) is 15.9. The topological polar surface area (TPSA) is 171 Å². The molecule has 0 aromatic rings. The molecule has 1 unspecified atom stereocenters. The first-order valence-electron chi connectivity index (χ1n) is 22.8. The van der Waals surface area contributed by atoms with Crippen LogP contribution < -0.4 is 5.11 Å². The largest absolute Gasteiger partial charge is 0.822 e. The highest BCUT2D eigenvalue weighted by molar-refractivity contribution is 6.38. The number of aliphatic hydroxyl groups is 2. The molecule has 0 radical (unpaired) electrons. The Kier molecular flexibility index (Phi) is 21.3. The van der Waals surface area contributed by atoms with Crippen LogP contribution in [0.3, 0.4) is 0 Å². The van der Waals surface area contributed by atoms with Crippen LogP contribution in [0.4, 0.5) is 0 Å². The standard InChI is InChI=1S/C49H76NO10/c1-32-18-11-9-13-20-33(2)26-34(3)42(51)30-43(52)35(4)27-36(5)44(53)31-45(37(6)28-39-22-17-23-40(29-39)59-8)60-48(56)41-24-15-16-25-50(41)47(55)46(54)49(57,58)38(7)21-14-10-12-19-32/h9,11,13,18,20,27,33-34,36-41,43,45,52,57H,10,12,14-17,19,21-26,28-31H2,1-8H3/q-1/b11-9+,20-13+,32-18+,35-27+/t33-,34-,36-,37?,38-,39+,40+,41+,43+,45+,49-/m1/s1. The van der Waals surface area contributed by atoms with Crippen molar-refractivity contribution in [2.45, 2.75) is 181 Å². The van der Waals surface area contributed by atoms with Crippen LogP contribution in [-0.2, 0) is 33.4 Å². The summed E-state index contributed by atoms with van der Waals surface area (Å²) in [5.41, 5.74) is 1.69. The Balaban J connectivity index is 1.90. The second-order valence-corrected chi connectivity index (χ2v) is 18.6. The molecule has 11 atom stereocenters. The number of hydrogen-bond donors (Lipinski definition) is 2.